The van der Waals surface area contributed by atoms with Crippen LogP contribution in [0.1, 0.15) is 0 Å². The van der Waals surface area contributed by atoms with Gasteiger partial charge in [-0.2, -0.15) is 0 Å². The van der Waals surface area contributed by atoms with E-state index in [2.05, 4.69) is 29.6 Å². The Morgan fingerprint density at radius 1 is 0.667 bits per heavy atom. The van der Waals surface area contributed by atoms with Crippen LogP contribution in [0.2, 0.25) is 0 Å². The Balaban J connectivity index is 1.92. The second-order valence-electron chi connectivity index (χ2n) is 4.21. The smallest absolute Gasteiger partial charge is 0.178 e. The van der Waals surface area contributed by atoms with Crippen molar-refractivity contribution in [3.63, 3.8) is 0 Å². The summed E-state index contributed by atoms with van der Waals surface area (Å²) in [6.45, 7) is 0. The van der Waals surface area contributed by atoms with E-state index in [1.807, 2.05) is 18.2 Å². The van der Waals surface area contributed by atoms with Gasteiger partial charge in [-0.05, 0) is 47.2 Å². The maximum absolute atomic E-state index is 11.0. The average molecular weight is 234 g/mol. The van der Waals surface area contributed by atoms with Crippen molar-refractivity contribution in [1.29, 1.82) is 0 Å². The molecule has 0 spiro atoms. The van der Waals surface area contributed by atoms with E-state index in [0.29, 0.717) is 0 Å². The molecular formula is C16H12NO. The van der Waals surface area contributed by atoms with Gasteiger partial charge in [0.05, 0.1) is 0 Å². The van der Waals surface area contributed by atoms with Crippen LogP contribution in [0, 0.1) is 0 Å². The first-order valence-electron chi connectivity index (χ1n) is 5.84. The van der Waals surface area contributed by atoms with Crippen LogP contribution in [-0.4, -0.2) is 0 Å². The number of nitrogens with one attached hydrogen (secondary N) is 1. The van der Waals surface area contributed by atoms with Crippen LogP contribution in [0.4, 0.5) is 11.4 Å². The molecule has 0 heterocycles. The van der Waals surface area contributed by atoms with Crippen LogP contribution in [0.25, 0.3) is 10.8 Å². The van der Waals surface area contributed by atoms with Crippen molar-refractivity contribution in [2.75, 3.05) is 5.32 Å². The molecule has 0 aliphatic heterocycles. The minimum atomic E-state index is 0.0269. The van der Waals surface area contributed by atoms with Crippen LogP contribution >= 0.6 is 0 Å². The van der Waals surface area contributed by atoms with E-state index < -0.39 is 0 Å². The number of fused-ring (bicyclic) bond motifs is 1. The Bertz CT molecular complexity index is 674. The van der Waals surface area contributed by atoms with Gasteiger partial charge in [0.15, 0.2) is 5.75 Å². The average Bonchev–Trinajstić information content (AvgIpc) is 2.41. The minimum Gasteiger partial charge on any atom is -0.356 e. The topological polar surface area (TPSA) is 31.9 Å². The molecule has 0 atom stereocenters. The number of anilines is 2. The van der Waals surface area contributed by atoms with Crippen LogP contribution in [0.3, 0.4) is 0 Å². The van der Waals surface area contributed by atoms with Crippen molar-refractivity contribution < 1.29 is 5.11 Å². The van der Waals surface area contributed by atoms with Gasteiger partial charge in [-0.25, -0.2) is 0 Å². The molecule has 0 aliphatic rings. The Morgan fingerprint density at radius 3 is 2.11 bits per heavy atom. The number of hydrogen-bond acceptors (Lipinski definition) is 1. The molecule has 0 bridgehead atoms. The Kier molecular flexibility index (Phi) is 2.61. The van der Waals surface area contributed by atoms with Crippen molar-refractivity contribution in [3.8, 4) is 5.75 Å². The van der Waals surface area contributed by atoms with E-state index in [-0.39, 0.29) is 5.75 Å². The fourth-order valence-electron chi connectivity index (χ4n) is 1.97. The molecule has 2 nitrogen and oxygen atoms in total. The van der Waals surface area contributed by atoms with Crippen LogP contribution in [0.5, 0.6) is 5.75 Å². The van der Waals surface area contributed by atoms with Crippen molar-refractivity contribution in [2.24, 2.45) is 0 Å². The number of benzene rings is 3. The summed E-state index contributed by atoms with van der Waals surface area (Å²) in [5.74, 6) is 0.0269. The molecular weight excluding hydrogens is 222 g/mol. The van der Waals surface area contributed by atoms with E-state index in [4.69, 9.17) is 0 Å². The lowest BCUT2D eigenvalue weighted by Gasteiger charge is -2.07. The molecule has 3 aromatic carbocycles. The first-order valence-corrected chi connectivity index (χ1v) is 5.84. The van der Waals surface area contributed by atoms with E-state index in [0.717, 1.165) is 11.4 Å². The van der Waals surface area contributed by atoms with Crippen molar-refractivity contribution in [2.45, 2.75) is 0 Å². The quantitative estimate of drug-likeness (QED) is 0.683. The normalized spacial score (nSPS) is 10.4. The van der Waals surface area contributed by atoms with E-state index >= 15 is 0 Å². The second kappa shape index (κ2) is 4.41. The van der Waals surface area contributed by atoms with Crippen molar-refractivity contribution in [3.05, 3.63) is 66.7 Å². The maximum atomic E-state index is 11.0. The third kappa shape index (κ3) is 2.13. The Hall–Kier alpha value is -2.48. The van der Waals surface area contributed by atoms with Gasteiger partial charge in [0.2, 0.25) is 0 Å². The summed E-state index contributed by atoms with van der Waals surface area (Å²) >= 11 is 0. The summed E-state index contributed by atoms with van der Waals surface area (Å²) in [4.78, 5) is 0. The van der Waals surface area contributed by atoms with E-state index in [1.165, 1.54) is 10.8 Å². The number of hydrogen-bond donors (Lipinski definition) is 1. The monoisotopic (exact) mass is 234 g/mol. The van der Waals surface area contributed by atoms with E-state index in [1.54, 1.807) is 24.3 Å². The summed E-state index contributed by atoms with van der Waals surface area (Å²) in [5, 5.41) is 16.7. The molecule has 3 rings (SSSR count). The predicted octanol–water partition coefficient (Wildman–Crippen LogP) is 4.73. The molecule has 3 aromatic rings. The molecule has 2 heteroatoms. The Morgan fingerprint density at radius 2 is 1.33 bits per heavy atom. The molecule has 0 fully saturated rings. The Labute approximate surface area is 106 Å². The molecule has 0 amide bonds. The van der Waals surface area contributed by atoms with Gasteiger partial charge >= 0.3 is 0 Å². The van der Waals surface area contributed by atoms with Crippen LogP contribution in [0.15, 0.2) is 66.7 Å². The summed E-state index contributed by atoms with van der Waals surface area (Å²) in [6, 6.07) is 21.1. The summed E-state index contributed by atoms with van der Waals surface area (Å²) < 4.78 is 0. The standard InChI is InChI=1S/C16H12NO/c18-16-9-7-14(8-10-16)17-15-6-5-12-3-1-2-4-13(12)11-15/h1-11,17H. The first kappa shape index (κ1) is 10.7. The van der Waals surface area contributed by atoms with E-state index in [9.17, 15) is 5.11 Å². The highest BCUT2D eigenvalue weighted by Gasteiger charge is 1.97. The van der Waals surface area contributed by atoms with Gasteiger partial charge in [0.25, 0.3) is 0 Å². The highest BCUT2D eigenvalue weighted by molar-refractivity contribution is 5.86. The SMILES string of the molecule is [O]c1ccc(Nc2ccc3ccccc3c2)cc1. The molecule has 87 valence electrons. The third-order valence-electron chi connectivity index (χ3n) is 2.89. The lowest BCUT2D eigenvalue weighted by molar-refractivity contribution is 0.355. The summed E-state index contributed by atoms with van der Waals surface area (Å²) in [7, 11) is 0. The molecule has 0 aliphatic carbocycles. The lowest BCUT2D eigenvalue weighted by atomic mass is 10.1. The molecule has 1 radical (unpaired) electrons. The van der Waals surface area contributed by atoms with Crippen molar-refractivity contribution >= 4 is 22.1 Å². The van der Waals surface area contributed by atoms with Crippen LogP contribution < -0.4 is 5.32 Å². The molecule has 18 heavy (non-hydrogen) atoms. The van der Waals surface area contributed by atoms with Gasteiger partial charge in [0.1, 0.15) is 0 Å². The first-order chi connectivity index (χ1) is 8.81. The molecule has 0 aromatic heterocycles. The molecule has 0 saturated heterocycles. The van der Waals surface area contributed by atoms with Crippen molar-refractivity contribution in [1.82, 2.24) is 0 Å². The highest BCUT2D eigenvalue weighted by Crippen LogP contribution is 2.23. The zero-order valence-corrected chi connectivity index (χ0v) is 9.76. The highest BCUT2D eigenvalue weighted by atomic mass is 16.3. The summed E-state index contributed by atoms with van der Waals surface area (Å²) in [6.07, 6.45) is 0. The fourth-order valence-corrected chi connectivity index (χ4v) is 1.97. The van der Waals surface area contributed by atoms with Gasteiger partial charge in [-0.15, -0.1) is 0 Å². The summed E-state index contributed by atoms with van der Waals surface area (Å²) in [5.41, 5.74) is 1.94. The fraction of sp³-hybridized carbons (Fsp3) is 0. The lowest BCUT2D eigenvalue weighted by Crippen LogP contribution is -1.89. The molecule has 0 saturated carbocycles. The van der Waals surface area contributed by atoms with Gasteiger partial charge in [0, 0.05) is 11.4 Å². The second-order valence-corrected chi connectivity index (χ2v) is 4.21. The van der Waals surface area contributed by atoms with Gasteiger partial charge in [-0.1, -0.05) is 30.3 Å². The zero-order chi connectivity index (χ0) is 12.4. The van der Waals surface area contributed by atoms with Gasteiger partial charge < -0.3 is 5.32 Å². The predicted molar refractivity (Wildman–Crippen MR) is 73.8 cm³/mol. The van der Waals surface area contributed by atoms with Gasteiger partial charge in [-0.3, -0.25) is 5.11 Å². The molecule has 0 unspecified atom stereocenters. The largest absolute Gasteiger partial charge is 0.356 e. The number of rotatable bonds is 2. The molecule has 1 N–H and O–H groups in total. The maximum Gasteiger partial charge on any atom is 0.178 e. The minimum absolute atomic E-state index is 0.0269. The third-order valence-corrected chi connectivity index (χ3v) is 2.89. The zero-order valence-electron chi connectivity index (χ0n) is 9.76. The van der Waals surface area contributed by atoms with Crippen LogP contribution in [-0.2, 0) is 5.11 Å².